The highest BCUT2D eigenvalue weighted by atomic mass is 16.3. The number of aryl methyl sites for hydroxylation is 1. The number of piperidine rings is 2. The number of likely N-dealkylation sites (tertiary alicyclic amines) is 2. The Hall–Kier alpha value is -2.11. The summed E-state index contributed by atoms with van der Waals surface area (Å²) in [7, 11) is 0. The van der Waals surface area contributed by atoms with Gasteiger partial charge in [-0.2, -0.15) is 0 Å². The highest BCUT2D eigenvalue weighted by molar-refractivity contribution is 5.78. The van der Waals surface area contributed by atoms with Gasteiger partial charge in [-0.15, -0.1) is 0 Å². The first-order valence-electron chi connectivity index (χ1n) is 11.5. The highest BCUT2D eigenvalue weighted by Gasteiger charge is 2.30. The van der Waals surface area contributed by atoms with Crippen LogP contribution in [0.2, 0.25) is 0 Å². The molecule has 0 bridgehead atoms. The molecule has 0 saturated carbocycles. The van der Waals surface area contributed by atoms with E-state index in [0.29, 0.717) is 6.04 Å². The number of carbonyl (C=O) groups excluding carboxylic acids is 1. The van der Waals surface area contributed by atoms with Gasteiger partial charge in [0.05, 0.1) is 6.54 Å². The Morgan fingerprint density at radius 2 is 1.73 bits per heavy atom. The minimum atomic E-state index is 0.180. The van der Waals surface area contributed by atoms with Crippen molar-refractivity contribution in [1.29, 1.82) is 0 Å². The minimum absolute atomic E-state index is 0.180. The quantitative estimate of drug-likeness (QED) is 0.759. The summed E-state index contributed by atoms with van der Waals surface area (Å²) in [5.74, 6) is 2.49. The van der Waals surface area contributed by atoms with Crippen molar-refractivity contribution in [2.24, 2.45) is 5.92 Å². The number of nitrogens with zero attached hydrogens (tertiary/aromatic N) is 2. The molecule has 162 valence electrons. The van der Waals surface area contributed by atoms with Gasteiger partial charge in [-0.05, 0) is 69.8 Å². The fraction of sp³-hybridized carbons (Fsp3) is 0.560. The van der Waals surface area contributed by atoms with Gasteiger partial charge in [0.25, 0.3) is 0 Å². The van der Waals surface area contributed by atoms with Gasteiger partial charge in [-0.25, -0.2) is 0 Å². The van der Waals surface area contributed by atoms with Crippen molar-refractivity contribution in [2.75, 3.05) is 32.7 Å². The van der Waals surface area contributed by atoms with E-state index < -0.39 is 0 Å². The molecule has 1 aromatic heterocycles. The maximum absolute atomic E-state index is 12.5. The lowest BCUT2D eigenvalue weighted by Gasteiger charge is -2.41. The number of hydrogen-bond acceptors (Lipinski definition) is 4. The molecule has 0 radical (unpaired) electrons. The smallest absolute Gasteiger partial charge is 0.223 e. The zero-order valence-corrected chi connectivity index (χ0v) is 18.2. The van der Waals surface area contributed by atoms with Crippen LogP contribution >= 0.6 is 0 Å². The zero-order chi connectivity index (χ0) is 20.8. The van der Waals surface area contributed by atoms with Crippen LogP contribution in [0.5, 0.6) is 0 Å². The van der Waals surface area contributed by atoms with Crippen molar-refractivity contribution in [1.82, 2.24) is 15.1 Å². The molecule has 5 nitrogen and oxygen atoms in total. The molecular formula is C25H35N3O2. The van der Waals surface area contributed by atoms with Crippen molar-refractivity contribution >= 4 is 5.91 Å². The predicted molar refractivity (Wildman–Crippen MR) is 119 cm³/mol. The van der Waals surface area contributed by atoms with E-state index in [1.165, 1.54) is 18.4 Å². The Bertz CT molecular complexity index is 788. The SMILES string of the molecule is Cc1ccc(CN2CCC(N3CCC(C(=O)NCCc4ccccc4)CC3)CC2)o1. The summed E-state index contributed by atoms with van der Waals surface area (Å²) < 4.78 is 5.73. The summed E-state index contributed by atoms with van der Waals surface area (Å²) in [6, 6.07) is 15.2. The molecule has 0 spiro atoms. The van der Waals surface area contributed by atoms with Crippen LogP contribution < -0.4 is 5.32 Å². The summed E-state index contributed by atoms with van der Waals surface area (Å²) in [6.45, 7) is 8.03. The first-order chi connectivity index (χ1) is 14.7. The lowest BCUT2D eigenvalue weighted by Crippen LogP contribution is -2.49. The summed E-state index contributed by atoms with van der Waals surface area (Å²) >= 11 is 0. The predicted octanol–water partition coefficient (Wildman–Crippen LogP) is 3.62. The topological polar surface area (TPSA) is 48.7 Å². The van der Waals surface area contributed by atoms with Gasteiger partial charge in [0, 0.05) is 31.6 Å². The van der Waals surface area contributed by atoms with Gasteiger partial charge in [-0.1, -0.05) is 30.3 Å². The molecule has 2 aliphatic heterocycles. The van der Waals surface area contributed by atoms with Crippen molar-refractivity contribution in [3.05, 3.63) is 59.5 Å². The fourth-order valence-corrected chi connectivity index (χ4v) is 4.88. The van der Waals surface area contributed by atoms with Gasteiger partial charge >= 0.3 is 0 Å². The van der Waals surface area contributed by atoms with Crippen LogP contribution in [0.3, 0.4) is 0 Å². The van der Waals surface area contributed by atoms with Gasteiger partial charge in [0.1, 0.15) is 11.5 Å². The summed E-state index contributed by atoms with van der Waals surface area (Å²) in [6.07, 6.45) is 5.31. The number of hydrogen-bond donors (Lipinski definition) is 1. The molecule has 2 aliphatic rings. The van der Waals surface area contributed by atoms with Gasteiger partial charge < -0.3 is 14.6 Å². The van der Waals surface area contributed by atoms with E-state index in [4.69, 9.17) is 4.42 Å². The van der Waals surface area contributed by atoms with E-state index in [2.05, 4.69) is 45.4 Å². The van der Waals surface area contributed by atoms with Crippen molar-refractivity contribution < 1.29 is 9.21 Å². The Morgan fingerprint density at radius 3 is 2.40 bits per heavy atom. The number of benzene rings is 1. The summed E-state index contributed by atoms with van der Waals surface area (Å²) in [5.41, 5.74) is 1.28. The van der Waals surface area contributed by atoms with Crippen molar-refractivity contribution in [3.8, 4) is 0 Å². The maximum atomic E-state index is 12.5. The van der Waals surface area contributed by atoms with Crippen molar-refractivity contribution in [2.45, 2.75) is 51.6 Å². The van der Waals surface area contributed by atoms with Crippen LogP contribution in [0.4, 0.5) is 0 Å². The number of rotatable bonds is 7. The van der Waals surface area contributed by atoms with E-state index in [9.17, 15) is 4.79 Å². The molecule has 1 aromatic carbocycles. The Kier molecular flexibility index (Phi) is 7.24. The molecular weight excluding hydrogens is 374 g/mol. The molecule has 0 unspecified atom stereocenters. The molecule has 1 amide bonds. The molecule has 5 heteroatoms. The third kappa shape index (κ3) is 5.73. The van der Waals surface area contributed by atoms with Crippen LogP contribution in [-0.2, 0) is 17.8 Å². The second kappa shape index (κ2) is 10.3. The third-order valence-electron chi connectivity index (χ3n) is 6.71. The fourth-order valence-electron chi connectivity index (χ4n) is 4.88. The van der Waals surface area contributed by atoms with Gasteiger partial charge in [0.2, 0.25) is 5.91 Å². The average Bonchev–Trinajstić information content (AvgIpc) is 3.19. The number of furan rings is 1. The van der Waals surface area contributed by atoms with Crippen molar-refractivity contribution in [3.63, 3.8) is 0 Å². The lowest BCUT2D eigenvalue weighted by atomic mass is 9.92. The molecule has 4 rings (SSSR count). The summed E-state index contributed by atoms with van der Waals surface area (Å²) in [5, 5.41) is 3.15. The Morgan fingerprint density at radius 1 is 1.00 bits per heavy atom. The number of carbonyl (C=O) groups is 1. The van der Waals surface area contributed by atoms with E-state index in [-0.39, 0.29) is 11.8 Å². The van der Waals surface area contributed by atoms with Gasteiger partial charge in [-0.3, -0.25) is 9.69 Å². The van der Waals surface area contributed by atoms with Gasteiger partial charge in [0.15, 0.2) is 0 Å². The molecule has 2 fully saturated rings. The van der Waals surface area contributed by atoms with E-state index in [1.807, 2.05) is 19.1 Å². The molecule has 1 N–H and O–H groups in total. The van der Waals surface area contributed by atoms with E-state index >= 15 is 0 Å². The van der Waals surface area contributed by atoms with E-state index in [1.54, 1.807) is 0 Å². The minimum Gasteiger partial charge on any atom is -0.465 e. The standard InChI is InChI=1S/C25H35N3O2/c1-20-7-8-24(30-20)19-27-15-12-23(13-16-27)28-17-10-22(11-18-28)25(29)26-14-9-21-5-3-2-4-6-21/h2-8,22-23H,9-19H2,1H3,(H,26,29). The molecule has 0 atom stereocenters. The maximum Gasteiger partial charge on any atom is 0.223 e. The second-order valence-corrected chi connectivity index (χ2v) is 8.86. The lowest BCUT2D eigenvalue weighted by molar-refractivity contribution is -0.126. The largest absolute Gasteiger partial charge is 0.465 e. The highest BCUT2D eigenvalue weighted by Crippen LogP contribution is 2.25. The normalized spacial score (nSPS) is 19.8. The molecule has 30 heavy (non-hydrogen) atoms. The van der Waals surface area contributed by atoms with Crippen LogP contribution in [0, 0.1) is 12.8 Å². The van der Waals surface area contributed by atoms with Crippen LogP contribution in [0.15, 0.2) is 46.9 Å². The summed E-state index contributed by atoms with van der Waals surface area (Å²) in [4.78, 5) is 17.7. The van der Waals surface area contributed by atoms with Crippen LogP contribution in [0.1, 0.15) is 42.8 Å². The Balaban J connectivity index is 1.14. The average molecular weight is 410 g/mol. The first kappa shape index (κ1) is 21.1. The molecule has 3 heterocycles. The molecule has 0 aliphatic carbocycles. The first-order valence-corrected chi connectivity index (χ1v) is 11.5. The van der Waals surface area contributed by atoms with E-state index in [0.717, 1.165) is 70.1 Å². The monoisotopic (exact) mass is 409 g/mol. The zero-order valence-electron chi connectivity index (χ0n) is 18.2. The van der Waals surface area contributed by atoms with Crippen LogP contribution in [-0.4, -0.2) is 54.5 Å². The number of nitrogens with one attached hydrogen (secondary N) is 1. The Labute approximate surface area is 180 Å². The molecule has 2 saturated heterocycles. The number of amides is 1. The molecule has 2 aromatic rings. The third-order valence-corrected chi connectivity index (χ3v) is 6.71. The van der Waals surface area contributed by atoms with Crippen LogP contribution in [0.25, 0.3) is 0 Å². The second-order valence-electron chi connectivity index (χ2n) is 8.86.